The van der Waals surface area contributed by atoms with E-state index in [1.54, 1.807) is 25.1 Å². The van der Waals surface area contributed by atoms with E-state index in [-0.39, 0.29) is 10.9 Å². The van der Waals surface area contributed by atoms with Gasteiger partial charge in [-0.1, -0.05) is 23.7 Å². The van der Waals surface area contributed by atoms with Crippen LogP contribution in [-0.4, -0.2) is 11.3 Å². The molecule has 0 radical (unpaired) electrons. The molecule has 2 aromatic rings. The van der Waals surface area contributed by atoms with Crippen LogP contribution in [0.2, 0.25) is 5.15 Å². The van der Waals surface area contributed by atoms with Crippen LogP contribution in [0.4, 0.5) is 13.2 Å². The van der Waals surface area contributed by atoms with Crippen molar-refractivity contribution in [2.45, 2.75) is 13.3 Å². The standard InChI is InChI=1S/C13H9ClF3NO/c1-8-5-6-11(12(14)18-8)9-3-2-4-10(7-9)19-13(15,16)17/h2-7H,1H3. The molecule has 2 rings (SSSR count). The molecule has 0 N–H and O–H groups in total. The summed E-state index contributed by atoms with van der Waals surface area (Å²) in [5.74, 6) is -0.290. The number of pyridine rings is 1. The summed E-state index contributed by atoms with van der Waals surface area (Å²) in [5, 5.41) is 0.240. The Bertz CT molecular complexity index is 599. The molecule has 6 heteroatoms. The van der Waals surface area contributed by atoms with E-state index in [4.69, 9.17) is 11.6 Å². The van der Waals surface area contributed by atoms with Crippen LogP contribution < -0.4 is 4.74 Å². The van der Waals surface area contributed by atoms with E-state index in [2.05, 4.69) is 9.72 Å². The second kappa shape index (κ2) is 5.09. The third-order valence-electron chi connectivity index (χ3n) is 2.37. The summed E-state index contributed by atoms with van der Waals surface area (Å²) in [6, 6.07) is 9.04. The van der Waals surface area contributed by atoms with Gasteiger partial charge < -0.3 is 4.74 Å². The molecule has 0 fully saturated rings. The minimum atomic E-state index is -4.71. The quantitative estimate of drug-likeness (QED) is 0.753. The summed E-state index contributed by atoms with van der Waals surface area (Å²) in [4.78, 5) is 4.06. The summed E-state index contributed by atoms with van der Waals surface area (Å²) in [5.41, 5.74) is 1.80. The number of ether oxygens (including phenoxy) is 1. The Hall–Kier alpha value is -1.75. The number of aryl methyl sites for hydroxylation is 1. The maximum absolute atomic E-state index is 12.1. The summed E-state index contributed by atoms with van der Waals surface area (Å²) in [7, 11) is 0. The topological polar surface area (TPSA) is 22.1 Å². The van der Waals surface area contributed by atoms with Crippen molar-refractivity contribution in [1.82, 2.24) is 4.98 Å². The molecule has 1 aromatic carbocycles. The number of hydrogen-bond donors (Lipinski definition) is 0. The van der Waals surface area contributed by atoms with Gasteiger partial charge in [-0.2, -0.15) is 0 Å². The van der Waals surface area contributed by atoms with Crippen molar-refractivity contribution in [3.63, 3.8) is 0 Å². The second-order valence-electron chi connectivity index (χ2n) is 3.87. The number of benzene rings is 1. The zero-order chi connectivity index (χ0) is 14.0. The van der Waals surface area contributed by atoms with Crippen molar-refractivity contribution in [2.75, 3.05) is 0 Å². The highest BCUT2D eigenvalue weighted by atomic mass is 35.5. The highest BCUT2D eigenvalue weighted by Crippen LogP contribution is 2.31. The van der Waals surface area contributed by atoms with Gasteiger partial charge in [-0.25, -0.2) is 4.98 Å². The highest BCUT2D eigenvalue weighted by Gasteiger charge is 2.31. The fourth-order valence-corrected chi connectivity index (χ4v) is 1.91. The van der Waals surface area contributed by atoms with Crippen LogP contribution in [0, 0.1) is 6.92 Å². The molecule has 100 valence electrons. The lowest BCUT2D eigenvalue weighted by molar-refractivity contribution is -0.274. The first-order valence-corrected chi connectivity index (χ1v) is 5.72. The van der Waals surface area contributed by atoms with Crippen LogP contribution in [0.15, 0.2) is 36.4 Å². The normalized spacial score (nSPS) is 11.4. The second-order valence-corrected chi connectivity index (χ2v) is 4.22. The van der Waals surface area contributed by atoms with E-state index < -0.39 is 6.36 Å². The molecule has 0 unspecified atom stereocenters. The summed E-state index contributed by atoms with van der Waals surface area (Å²) < 4.78 is 40.3. The zero-order valence-corrected chi connectivity index (χ0v) is 10.6. The van der Waals surface area contributed by atoms with Crippen LogP contribution in [0.1, 0.15) is 5.69 Å². The first kappa shape index (κ1) is 13.7. The minimum absolute atomic E-state index is 0.240. The molecule has 0 saturated heterocycles. The van der Waals surface area contributed by atoms with Crippen molar-refractivity contribution >= 4 is 11.6 Å². The van der Waals surface area contributed by atoms with E-state index >= 15 is 0 Å². The van der Waals surface area contributed by atoms with Gasteiger partial charge in [0.1, 0.15) is 10.9 Å². The van der Waals surface area contributed by atoms with Gasteiger partial charge in [-0.15, -0.1) is 13.2 Å². The maximum atomic E-state index is 12.1. The van der Waals surface area contributed by atoms with Crippen LogP contribution in [0.25, 0.3) is 11.1 Å². The number of halogens is 4. The molecule has 1 heterocycles. The van der Waals surface area contributed by atoms with Gasteiger partial charge in [-0.05, 0) is 36.8 Å². The van der Waals surface area contributed by atoms with Gasteiger partial charge >= 0.3 is 6.36 Å². The van der Waals surface area contributed by atoms with Gasteiger partial charge in [0.05, 0.1) is 0 Å². The Morgan fingerprint density at radius 2 is 1.89 bits per heavy atom. The molecule has 1 aromatic heterocycles. The average molecular weight is 288 g/mol. The third-order valence-corrected chi connectivity index (χ3v) is 2.65. The van der Waals surface area contributed by atoms with E-state index in [0.717, 1.165) is 5.69 Å². The van der Waals surface area contributed by atoms with Gasteiger partial charge in [0, 0.05) is 11.3 Å². The molecule has 0 aliphatic carbocycles. The third kappa shape index (κ3) is 3.61. The molecular weight excluding hydrogens is 279 g/mol. The van der Waals surface area contributed by atoms with Crippen molar-refractivity contribution in [3.05, 3.63) is 47.2 Å². The smallest absolute Gasteiger partial charge is 0.406 e. The first-order chi connectivity index (χ1) is 8.85. The predicted octanol–water partition coefficient (Wildman–Crippen LogP) is 4.61. The summed E-state index contributed by atoms with van der Waals surface area (Å²) in [6.07, 6.45) is -4.71. The van der Waals surface area contributed by atoms with Crippen LogP contribution in [0.5, 0.6) is 5.75 Å². The monoisotopic (exact) mass is 287 g/mol. The van der Waals surface area contributed by atoms with Crippen molar-refractivity contribution in [1.29, 1.82) is 0 Å². The number of nitrogens with zero attached hydrogens (tertiary/aromatic N) is 1. The lowest BCUT2D eigenvalue weighted by atomic mass is 10.1. The molecule has 0 bridgehead atoms. The van der Waals surface area contributed by atoms with Crippen LogP contribution in [-0.2, 0) is 0 Å². The lowest BCUT2D eigenvalue weighted by Crippen LogP contribution is -2.17. The average Bonchev–Trinajstić information content (AvgIpc) is 2.26. The molecule has 0 spiro atoms. The van der Waals surface area contributed by atoms with Crippen LogP contribution in [0.3, 0.4) is 0 Å². The predicted molar refractivity (Wildman–Crippen MR) is 66.1 cm³/mol. The fraction of sp³-hybridized carbons (Fsp3) is 0.154. The van der Waals surface area contributed by atoms with E-state index in [1.165, 1.54) is 18.2 Å². The van der Waals surface area contributed by atoms with E-state index in [9.17, 15) is 13.2 Å². The number of aromatic nitrogens is 1. The number of hydrogen-bond acceptors (Lipinski definition) is 2. The molecule has 2 nitrogen and oxygen atoms in total. The summed E-state index contributed by atoms with van der Waals surface area (Å²) in [6.45, 7) is 1.78. The minimum Gasteiger partial charge on any atom is -0.406 e. The molecular formula is C13H9ClF3NO. The van der Waals surface area contributed by atoms with Gasteiger partial charge in [0.2, 0.25) is 0 Å². The molecule has 0 aliphatic rings. The maximum Gasteiger partial charge on any atom is 0.573 e. The first-order valence-electron chi connectivity index (χ1n) is 5.34. The fourth-order valence-electron chi connectivity index (χ4n) is 1.60. The Labute approximate surface area is 112 Å². The highest BCUT2D eigenvalue weighted by molar-refractivity contribution is 6.32. The molecule has 0 saturated carbocycles. The van der Waals surface area contributed by atoms with Gasteiger partial charge in [0.15, 0.2) is 0 Å². The van der Waals surface area contributed by atoms with E-state index in [1.807, 2.05) is 0 Å². The van der Waals surface area contributed by atoms with Crippen LogP contribution >= 0.6 is 11.6 Å². The van der Waals surface area contributed by atoms with Crippen molar-refractivity contribution in [2.24, 2.45) is 0 Å². The summed E-state index contributed by atoms with van der Waals surface area (Å²) >= 11 is 5.98. The molecule has 0 aliphatic heterocycles. The Kier molecular flexibility index (Phi) is 3.66. The number of alkyl halides is 3. The Morgan fingerprint density at radius 1 is 1.16 bits per heavy atom. The Balaban J connectivity index is 2.38. The number of rotatable bonds is 2. The Morgan fingerprint density at radius 3 is 2.53 bits per heavy atom. The molecule has 0 amide bonds. The lowest BCUT2D eigenvalue weighted by Gasteiger charge is -2.10. The molecule has 19 heavy (non-hydrogen) atoms. The van der Waals surface area contributed by atoms with Gasteiger partial charge in [0.25, 0.3) is 0 Å². The van der Waals surface area contributed by atoms with Crippen molar-refractivity contribution < 1.29 is 17.9 Å². The van der Waals surface area contributed by atoms with E-state index in [0.29, 0.717) is 11.1 Å². The zero-order valence-electron chi connectivity index (χ0n) is 9.83. The molecule has 0 atom stereocenters. The SMILES string of the molecule is Cc1ccc(-c2cccc(OC(F)(F)F)c2)c(Cl)n1. The largest absolute Gasteiger partial charge is 0.573 e. The van der Waals surface area contributed by atoms with Gasteiger partial charge in [-0.3, -0.25) is 0 Å². The van der Waals surface area contributed by atoms with Crippen molar-refractivity contribution in [3.8, 4) is 16.9 Å².